The molecule has 2 heteroatoms. The van der Waals surface area contributed by atoms with Crippen LogP contribution >= 0.6 is 0 Å². The van der Waals surface area contributed by atoms with Gasteiger partial charge in [-0.1, -0.05) is 24.3 Å². The summed E-state index contributed by atoms with van der Waals surface area (Å²) >= 11 is 0. The normalized spacial score (nSPS) is 10.3. The maximum atomic E-state index is 5.46. The molecule has 0 bridgehead atoms. The van der Waals surface area contributed by atoms with Gasteiger partial charge in [0.2, 0.25) is 0 Å². The van der Waals surface area contributed by atoms with Crippen LogP contribution in [0.3, 0.4) is 0 Å². The van der Waals surface area contributed by atoms with E-state index in [2.05, 4.69) is 0 Å². The van der Waals surface area contributed by atoms with E-state index in [4.69, 9.17) is 9.47 Å². The van der Waals surface area contributed by atoms with Crippen molar-refractivity contribution < 1.29 is 9.47 Å². The zero-order chi connectivity index (χ0) is 9.52. The first-order chi connectivity index (χ1) is 6.38. The number of rotatable bonds is 4. The van der Waals surface area contributed by atoms with E-state index >= 15 is 0 Å². The molecule has 0 radical (unpaired) electrons. The van der Waals surface area contributed by atoms with Crippen LogP contribution in [0, 0.1) is 0 Å². The molecule has 0 aliphatic rings. The molecule has 0 aliphatic heterocycles. The predicted molar refractivity (Wildman–Crippen MR) is 53.3 cm³/mol. The van der Waals surface area contributed by atoms with Crippen LogP contribution in [0.15, 0.2) is 36.4 Å². The summed E-state index contributed by atoms with van der Waals surface area (Å²) in [5.74, 6) is 1.55. The smallest absolute Gasteiger partial charge is 0.161 e. The maximum absolute atomic E-state index is 5.46. The van der Waals surface area contributed by atoms with Crippen molar-refractivity contribution in [2.45, 2.75) is 6.92 Å². The van der Waals surface area contributed by atoms with Gasteiger partial charge in [0.15, 0.2) is 11.5 Å². The van der Waals surface area contributed by atoms with Gasteiger partial charge in [-0.2, -0.15) is 0 Å². The molecular weight excluding hydrogens is 164 g/mol. The summed E-state index contributed by atoms with van der Waals surface area (Å²) < 4.78 is 10.6. The molecule has 2 nitrogen and oxygen atoms in total. The molecule has 0 unspecified atom stereocenters. The molecule has 0 saturated heterocycles. The second-order valence-corrected chi connectivity index (χ2v) is 2.53. The van der Waals surface area contributed by atoms with Crippen molar-refractivity contribution in [2.75, 3.05) is 13.7 Å². The van der Waals surface area contributed by atoms with E-state index in [9.17, 15) is 0 Å². The third-order valence-electron chi connectivity index (χ3n) is 1.64. The van der Waals surface area contributed by atoms with Gasteiger partial charge in [0.05, 0.1) is 7.11 Å². The minimum absolute atomic E-state index is 0.580. The van der Waals surface area contributed by atoms with Crippen molar-refractivity contribution in [3.63, 3.8) is 0 Å². The van der Waals surface area contributed by atoms with Crippen LogP contribution in [-0.2, 0) is 0 Å². The van der Waals surface area contributed by atoms with Crippen molar-refractivity contribution in [1.29, 1.82) is 0 Å². The first-order valence-electron chi connectivity index (χ1n) is 4.25. The zero-order valence-electron chi connectivity index (χ0n) is 7.99. The lowest BCUT2D eigenvalue weighted by Crippen LogP contribution is -1.95. The number of hydrogen-bond donors (Lipinski definition) is 0. The lowest BCUT2D eigenvalue weighted by atomic mass is 10.3. The topological polar surface area (TPSA) is 18.5 Å². The third kappa shape index (κ3) is 2.82. The van der Waals surface area contributed by atoms with Crippen molar-refractivity contribution in [3.05, 3.63) is 36.4 Å². The molecule has 70 valence electrons. The van der Waals surface area contributed by atoms with Crippen molar-refractivity contribution in [1.82, 2.24) is 0 Å². The summed E-state index contributed by atoms with van der Waals surface area (Å²) in [5, 5.41) is 0. The van der Waals surface area contributed by atoms with Crippen LogP contribution in [0.4, 0.5) is 0 Å². The molecule has 1 aromatic carbocycles. The standard InChI is InChI=1S/C11H14O2/c1-3-4-9-13-11-8-6-5-7-10(11)12-2/h3-8H,9H2,1-2H3/b4-3+. The molecule has 0 aromatic heterocycles. The fourth-order valence-corrected chi connectivity index (χ4v) is 0.972. The summed E-state index contributed by atoms with van der Waals surface area (Å²) in [5.41, 5.74) is 0. The fraction of sp³-hybridized carbons (Fsp3) is 0.273. The second-order valence-electron chi connectivity index (χ2n) is 2.53. The molecular formula is C11H14O2. The van der Waals surface area contributed by atoms with Crippen molar-refractivity contribution in [2.24, 2.45) is 0 Å². The number of benzene rings is 1. The summed E-state index contributed by atoms with van der Waals surface area (Å²) in [4.78, 5) is 0. The lowest BCUT2D eigenvalue weighted by Gasteiger charge is -2.07. The van der Waals surface area contributed by atoms with Crippen LogP contribution in [0.5, 0.6) is 11.5 Å². The van der Waals surface area contributed by atoms with E-state index in [1.165, 1.54) is 0 Å². The maximum Gasteiger partial charge on any atom is 0.161 e. The van der Waals surface area contributed by atoms with Gasteiger partial charge in [0.25, 0.3) is 0 Å². The molecule has 0 saturated carbocycles. The Morgan fingerprint density at radius 3 is 2.54 bits per heavy atom. The number of methoxy groups -OCH3 is 1. The van der Waals surface area contributed by atoms with Crippen LogP contribution in [0.25, 0.3) is 0 Å². The molecule has 0 N–H and O–H groups in total. The number of allylic oxidation sites excluding steroid dienone is 1. The summed E-state index contributed by atoms with van der Waals surface area (Å²) in [6.07, 6.45) is 3.90. The van der Waals surface area contributed by atoms with Gasteiger partial charge in [-0.3, -0.25) is 0 Å². The Hall–Kier alpha value is -1.44. The Morgan fingerprint density at radius 2 is 1.92 bits per heavy atom. The van der Waals surface area contributed by atoms with Gasteiger partial charge >= 0.3 is 0 Å². The second kappa shape index (κ2) is 5.25. The highest BCUT2D eigenvalue weighted by Crippen LogP contribution is 2.25. The van der Waals surface area contributed by atoms with E-state index in [-0.39, 0.29) is 0 Å². The van der Waals surface area contributed by atoms with E-state index in [0.29, 0.717) is 6.61 Å². The number of ether oxygens (including phenoxy) is 2. The molecule has 1 rings (SSSR count). The van der Waals surface area contributed by atoms with Crippen LogP contribution < -0.4 is 9.47 Å². The molecule has 13 heavy (non-hydrogen) atoms. The molecule has 0 heterocycles. The van der Waals surface area contributed by atoms with Crippen molar-refractivity contribution in [3.8, 4) is 11.5 Å². The number of para-hydroxylation sites is 2. The largest absolute Gasteiger partial charge is 0.493 e. The monoisotopic (exact) mass is 178 g/mol. The van der Waals surface area contributed by atoms with E-state index in [0.717, 1.165) is 11.5 Å². The van der Waals surface area contributed by atoms with Crippen LogP contribution in [-0.4, -0.2) is 13.7 Å². The minimum atomic E-state index is 0.580. The Morgan fingerprint density at radius 1 is 1.23 bits per heavy atom. The van der Waals surface area contributed by atoms with Gasteiger partial charge in [0.1, 0.15) is 6.61 Å². The SMILES string of the molecule is C/C=C/COc1ccccc1OC. The third-order valence-corrected chi connectivity index (χ3v) is 1.64. The fourth-order valence-electron chi connectivity index (χ4n) is 0.972. The summed E-state index contributed by atoms with van der Waals surface area (Å²) in [6.45, 7) is 2.54. The highest BCUT2D eigenvalue weighted by Gasteiger charge is 1.99. The first kappa shape index (κ1) is 9.65. The average molecular weight is 178 g/mol. The molecule has 0 fully saturated rings. The van der Waals surface area contributed by atoms with Crippen molar-refractivity contribution >= 4 is 0 Å². The highest BCUT2D eigenvalue weighted by molar-refractivity contribution is 5.39. The molecule has 0 aliphatic carbocycles. The Labute approximate surface area is 78.8 Å². The van der Waals surface area contributed by atoms with E-state index in [1.807, 2.05) is 43.3 Å². The van der Waals surface area contributed by atoms with Gasteiger partial charge < -0.3 is 9.47 Å². The zero-order valence-corrected chi connectivity index (χ0v) is 7.99. The van der Waals surface area contributed by atoms with Crippen LogP contribution in [0.1, 0.15) is 6.92 Å². The van der Waals surface area contributed by atoms with Gasteiger partial charge in [-0.15, -0.1) is 0 Å². The highest BCUT2D eigenvalue weighted by atomic mass is 16.5. The van der Waals surface area contributed by atoms with E-state index < -0.39 is 0 Å². The Bertz CT molecular complexity index is 279. The Balaban J connectivity index is 2.64. The average Bonchev–Trinajstić information content (AvgIpc) is 2.19. The quantitative estimate of drug-likeness (QED) is 0.660. The lowest BCUT2D eigenvalue weighted by molar-refractivity contribution is 0.326. The first-order valence-corrected chi connectivity index (χ1v) is 4.25. The number of hydrogen-bond acceptors (Lipinski definition) is 2. The Kier molecular flexibility index (Phi) is 3.89. The van der Waals surface area contributed by atoms with Gasteiger partial charge in [0, 0.05) is 0 Å². The predicted octanol–water partition coefficient (Wildman–Crippen LogP) is 2.65. The van der Waals surface area contributed by atoms with E-state index in [1.54, 1.807) is 7.11 Å². The van der Waals surface area contributed by atoms with Crippen LogP contribution in [0.2, 0.25) is 0 Å². The summed E-state index contributed by atoms with van der Waals surface area (Å²) in [7, 11) is 1.64. The summed E-state index contributed by atoms with van der Waals surface area (Å²) in [6, 6.07) is 7.61. The molecule has 0 atom stereocenters. The molecule has 0 amide bonds. The minimum Gasteiger partial charge on any atom is -0.493 e. The molecule has 1 aromatic rings. The van der Waals surface area contributed by atoms with Gasteiger partial charge in [-0.05, 0) is 19.1 Å². The van der Waals surface area contributed by atoms with Gasteiger partial charge in [-0.25, -0.2) is 0 Å². The molecule has 0 spiro atoms.